The van der Waals surface area contributed by atoms with Crippen LogP contribution in [0, 0.1) is 0 Å². The third-order valence-electron chi connectivity index (χ3n) is 3.57. The summed E-state index contributed by atoms with van der Waals surface area (Å²) < 4.78 is 2.84. The molecule has 1 aliphatic rings. The molecule has 1 fully saturated rings. The molecule has 2 rings (SSSR count). The van der Waals surface area contributed by atoms with Crippen LogP contribution in [0.3, 0.4) is 0 Å². The lowest BCUT2D eigenvalue weighted by Gasteiger charge is -2.24. The van der Waals surface area contributed by atoms with Gasteiger partial charge in [-0.15, -0.1) is 0 Å². The molecule has 1 aliphatic heterocycles. The Morgan fingerprint density at radius 2 is 2.35 bits per heavy atom. The highest BCUT2D eigenvalue weighted by Crippen LogP contribution is 2.38. The van der Waals surface area contributed by atoms with E-state index in [0.29, 0.717) is 12.6 Å². The van der Waals surface area contributed by atoms with Gasteiger partial charge in [0.2, 0.25) is 0 Å². The molecule has 5 heteroatoms. The average molecular weight is 302 g/mol. The lowest BCUT2D eigenvalue weighted by atomic mass is 9.96. The van der Waals surface area contributed by atoms with Crippen molar-refractivity contribution in [3.63, 3.8) is 0 Å². The maximum absolute atomic E-state index is 10.8. The maximum atomic E-state index is 10.8. The van der Waals surface area contributed by atoms with Gasteiger partial charge < -0.3 is 10.0 Å². The molecular formula is C12H20BrN3O. The lowest BCUT2D eigenvalue weighted by Crippen LogP contribution is -2.32. The Hall–Kier alpha value is -0.390. The van der Waals surface area contributed by atoms with E-state index in [0.717, 1.165) is 29.6 Å². The van der Waals surface area contributed by atoms with Gasteiger partial charge in [0.1, 0.15) is 5.60 Å². The molecule has 96 valence electrons. The monoisotopic (exact) mass is 301 g/mol. The van der Waals surface area contributed by atoms with Crippen LogP contribution in [0.4, 0.5) is 0 Å². The largest absolute Gasteiger partial charge is 0.382 e. The van der Waals surface area contributed by atoms with Gasteiger partial charge in [-0.3, -0.25) is 4.68 Å². The lowest BCUT2D eigenvalue weighted by molar-refractivity contribution is 0.0383. The van der Waals surface area contributed by atoms with E-state index in [2.05, 4.69) is 46.8 Å². The van der Waals surface area contributed by atoms with Crippen molar-refractivity contribution >= 4 is 15.9 Å². The molecule has 0 aliphatic carbocycles. The van der Waals surface area contributed by atoms with Crippen molar-refractivity contribution in [3.8, 4) is 0 Å². The second kappa shape index (κ2) is 4.71. The number of aromatic nitrogens is 2. The minimum atomic E-state index is -0.779. The third kappa shape index (κ3) is 2.28. The fraction of sp³-hybridized carbons (Fsp3) is 0.750. The zero-order valence-corrected chi connectivity index (χ0v) is 12.2. The number of likely N-dealkylation sites (tertiary alicyclic amines) is 1. The quantitative estimate of drug-likeness (QED) is 0.928. The van der Waals surface area contributed by atoms with Crippen LogP contribution in [0.5, 0.6) is 0 Å². The molecular weight excluding hydrogens is 282 g/mol. The van der Waals surface area contributed by atoms with Crippen molar-refractivity contribution in [2.24, 2.45) is 0 Å². The highest BCUT2D eigenvalue weighted by molar-refractivity contribution is 9.10. The van der Waals surface area contributed by atoms with Gasteiger partial charge in [0.05, 0.1) is 16.4 Å². The highest BCUT2D eigenvalue weighted by atomic mass is 79.9. The second-order valence-corrected chi connectivity index (χ2v) is 5.92. The van der Waals surface area contributed by atoms with Gasteiger partial charge >= 0.3 is 0 Å². The average Bonchev–Trinajstić information content (AvgIpc) is 2.71. The van der Waals surface area contributed by atoms with Crippen molar-refractivity contribution in [2.75, 3.05) is 13.6 Å². The first-order chi connectivity index (χ1) is 7.98. The third-order valence-corrected chi connectivity index (χ3v) is 4.15. The van der Waals surface area contributed by atoms with Gasteiger partial charge in [-0.25, -0.2) is 0 Å². The Labute approximate surface area is 111 Å². The van der Waals surface area contributed by atoms with E-state index in [1.807, 2.05) is 4.68 Å². The molecule has 0 saturated carbocycles. The van der Waals surface area contributed by atoms with Gasteiger partial charge in [-0.2, -0.15) is 5.10 Å². The molecule has 2 heterocycles. The predicted molar refractivity (Wildman–Crippen MR) is 70.8 cm³/mol. The van der Waals surface area contributed by atoms with Crippen LogP contribution in [-0.2, 0) is 12.1 Å². The zero-order chi connectivity index (χ0) is 12.6. The number of halogens is 1. The minimum Gasteiger partial charge on any atom is -0.382 e. The molecule has 2 unspecified atom stereocenters. The summed E-state index contributed by atoms with van der Waals surface area (Å²) in [5, 5.41) is 15.2. The van der Waals surface area contributed by atoms with Gasteiger partial charge in [-0.05, 0) is 42.7 Å². The Bertz CT molecular complexity index is 394. The Morgan fingerprint density at radius 1 is 1.65 bits per heavy atom. The van der Waals surface area contributed by atoms with Gasteiger partial charge in [0.15, 0.2) is 0 Å². The zero-order valence-electron chi connectivity index (χ0n) is 10.6. The second-order valence-electron chi connectivity index (χ2n) is 5.06. The number of nitrogens with zero attached hydrogens (tertiary/aromatic N) is 3. The fourth-order valence-electron chi connectivity index (χ4n) is 2.66. The molecule has 0 spiro atoms. The molecule has 0 radical (unpaired) electrons. The van der Waals surface area contributed by atoms with Crippen LogP contribution in [0.2, 0.25) is 0 Å². The van der Waals surface area contributed by atoms with Gasteiger partial charge in [0.25, 0.3) is 0 Å². The number of rotatable bonds is 3. The Balaban J connectivity index is 2.36. The van der Waals surface area contributed by atoms with Crippen LogP contribution >= 0.6 is 15.9 Å². The van der Waals surface area contributed by atoms with E-state index in [1.165, 1.54) is 0 Å². The Kier molecular flexibility index (Phi) is 3.61. The summed E-state index contributed by atoms with van der Waals surface area (Å²) in [5.41, 5.74) is 0.147. The summed E-state index contributed by atoms with van der Waals surface area (Å²) in [6, 6.07) is 0.400. The van der Waals surface area contributed by atoms with Crippen molar-refractivity contribution in [1.82, 2.24) is 14.7 Å². The summed E-state index contributed by atoms with van der Waals surface area (Å²) in [7, 11) is 2.05. The molecule has 1 aromatic heterocycles. The van der Waals surface area contributed by atoms with Crippen molar-refractivity contribution in [2.45, 2.75) is 44.9 Å². The molecule has 1 saturated heterocycles. The van der Waals surface area contributed by atoms with Gasteiger partial charge in [0, 0.05) is 19.1 Å². The minimum absolute atomic E-state index is 0.400. The number of hydrogen-bond acceptors (Lipinski definition) is 3. The van der Waals surface area contributed by atoms with Crippen LogP contribution in [0.25, 0.3) is 0 Å². The normalized spacial score (nSPS) is 30.1. The van der Waals surface area contributed by atoms with Crippen molar-refractivity contribution in [3.05, 3.63) is 16.4 Å². The number of likely N-dealkylation sites (N-methyl/N-ethyl adjacent to an activating group) is 1. The molecule has 17 heavy (non-hydrogen) atoms. The summed E-state index contributed by atoms with van der Waals surface area (Å²) in [5.74, 6) is 0. The number of hydrogen-bond donors (Lipinski definition) is 1. The molecule has 0 aromatic carbocycles. The molecule has 0 bridgehead atoms. The Morgan fingerprint density at radius 3 is 2.88 bits per heavy atom. The topological polar surface area (TPSA) is 41.3 Å². The van der Waals surface area contributed by atoms with Crippen LogP contribution in [-0.4, -0.2) is 39.4 Å². The van der Waals surface area contributed by atoms with E-state index in [4.69, 9.17) is 0 Å². The molecule has 0 amide bonds. The van der Waals surface area contributed by atoms with E-state index in [-0.39, 0.29) is 0 Å². The smallest absolute Gasteiger partial charge is 0.121 e. The molecule has 1 aromatic rings. The number of aliphatic hydroxyl groups is 1. The number of β-amino-alcohol motifs (C(OH)–C–C–N with tert-alkyl or cyclic N) is 1. The maximum Gasteiger partial charge on any atom is 0.121 e. The molecule has 1 N–H and O–H groups in total. The van der Waals surface area contributed by atoms with E-state index < -0.39 is 5.60 Å². The van der Waals surface area contributed by atoms with Crippen molar-refractivity contribution in [1.29, 1.82) is 0 Å². The SMILES string of the molecule is CCCn1ncc(Br)c1C1(O)CC(C)N(C)C1. The summed E-state index contributed by atoms with van der Waals surface area (Å²) >= 11 is 3.51. The molecule has 2 atom stereocenters. The first-order valence-electron chi connectivity index (χ1n) is 6.12. The van der Waals surface area contributed by atoms with Crippen LogP contribution in [0.1, 0.15) is 32.4 Å². The number of aryl methyl sites for hydroxylation is 1. The van der Waals surface area contributed by atoms with E-state index >= 15 is 0 Å². The predicted octanol–water partition coefficient (Wildman–Crippen LogP) is 1.97. The first-order valence-corrected chi connectivity index (χ1v) is 6.91. The van der Waals surface area contributed by atoms with E-state index in [1.54, 1.807) is 6.20 Å². The van der Waals surface area contributed by atoms with Crippen LogP contribution < -0.4 is 0 Å². The summed E-state index contributed by atoms with van der Waals surface area (Å²) in [4.78, 5) is 2.19. The standard InChI is InChI=1S/C12H20BrN3O/c1-4-5-16-11(10(13)7-14-16)12(17)6-9(2)15(3)8-12/h7,9,17H,4-6,8H2,1-3H3. The van der Waals surface area contributed by atoms with E-state index in [9.17, 15) is 5.11 Å². The fourth-order valence-corrected chi connectivity index (χ4v) is 3.32. The molecule has 4 nitrogen and oxygen atoms in total. The van der Waals surface area contributed by atoms with Crippen molar-refractivity contribution < 1.29 is 5.11 Å². The summed E-state index contributed by atoms with van der Waals surface area (Å²) in [6.07, 6.45) is 3.56. The first kappa shape index (κ1) is 13.1. The highest BCUT2D eigenvalue weighted by Gasteiger charge is 2.43. The van der Waals surface area contributed by atoms with Crippen LogP contribution in [0.15, 0.2) is 10.7 Å². The summed E-state index contributed by atoms with van der Waals surface area (Å²) in [6.45, 7) is 5.78. The van der Waals surface area contributed by atoms with Gasteiger partial charge in [-0.1, -0.05) is 6.92 Å².